The largest absolute Gasteiger partial charge is 0.478 e. The molecule has 1 atom stereocenters. The standard InChI is InChI=1S/C26H25ClN2O3/c27-23-12-10-20(11-13-23)19-8-6-18(7-9-19)16-28-25(30)22-4-2-14-29(17-22)24-5-1-3-21(15-24)26(31)32/h1,3,5-13,15,22H,2,4,14,16-17H2,(H,28,30)(H,31,32). The van der Waals surface area contributed by atoms with Gasteiger partial charge < -0.3 is 15.3 Å². The summed E-state index contributed by atoms with van der Waals surface area (Å²) in [6.07, 6.45) is 1.72. The lowest BCUT2D eigenvalue weighted by atomic mass is 9.96. The van der Waals surface area contributed by atoms with Crippen LogP contribution in [0.5, 0.6) is 0 Å². The number of anilines is 1. The lowest BCUT2D eigenvalue weighted by Gasteiger charge is -2.34. The van der Waals surface area contributed by atoms with Crippen LogP contribution in [0.15, 0.2) is 72.8 Å². The Labute approximate surface area is 192 Å². The van der Waals surface area contributed by atoms with Crippen molar-refractivity contribution in [3.8, 4) is 11.1 Å². The third-order valence-electron chi connectivity index (χ3n) is 5.85. The van der Waals surface area contributed by atoms with Crippen molar-refractivity contribution < 1.29 is 14.7 Å². The highest BCUT2D eigenvalue weighted by Gasteiger charge is 2.26. The molecule has 164 valence electrons. The van der Waals surface area contributed by atoms with Gasteiger partial charge in [0.1, 0.15) is 0 Å². The maximum atomic E-state index is 12.8. The fourth-order valence-corrected chi connectivity index (χ4v) is 4.18. The van der Waals surface area contributed by atoms with Crippen LogP contribution in [0.1, 0.15) is 28.8 Å². The molecule has 1 saturated heterocycles. The molecule has 6 heteroatoms. The molecular weight excluding hydrogens is 424 g/mol. The van der Waals surface area contributed by atoms with Crippen molar-refractivity contribution in [1.29, 1.82) is 0 Å². The van der Waals surface area contributed by atoms with E-state index in [4.69, 9.17) is 11.6 Å². The van der Waals surface area contributed by atoms with Crippen LogP contribution in [0.25, 0.3) is 11.1 Å². The summed E-state index contributed by atoms with van der Waals surface area (Å²) in [4.78, 5) is 26.2. The quantitative estimate of drug-likeness (QED) is 0.541. The van der Waals surface area contributed by atoms with Gasteiger partial charge in [-0.15, -0.1) is 0 Å². The lowest BCUT2D eigenvalue weighted by Crippen LogP contribution is -2.43. The number of aromatic carboxylic acids is 1. The van der Waals surface area contributed by atoms with Crippen molar-refractivity contribution in [1.82, 2.24) is 5.32 Å². The van der Waals surface area contributed by atoms with Crippen LogP contribution in [0.2, 0.25) is 5.02 Å². The summed E-state index contributed by atoms with van der Waals surface area (Å²) in [5.41, 5.74) is 4.34. The molecule has 1 fully saturated rings. The van der Waals surface area contributed by atoms with Gasteiger partial charge in [-0.2, -0.15) is 0 Å². The number of carboxylic acid groups (broad SMARTS) is 1. The predicted octanol–water partition coefficient (Wildman–Crippen LogP) is 5.24. The van der Waals surface area contributed by atoms with Gasteiger partial charge in [0.15, 0.2) is 0 Å². The normalized spacial score (nSPS) is 15.9. The minimum absolute atomic E-state index is 0.0332. The molecule has 1 aliphatic rings. The first kappa shape index (κ1) is 21.9. The second-order valence-electron chi connectivity index (χ2n) is 8.06. The topological polar surface area (TPSA) is 69.6 Å². The van der Waals surface area contributed by atoms with Crippen LogP contribution >= 0.6 is 11.6 Å². The molecule has 1 aliphatic heterocycles. The van der Waals surface area contributed by atoms with Crippen LogP contribution in [0, 0.1) is 5.92 Å². The molecule has 3 aromatic carbocycles. The summed E-state index contributed by atoms with van der Waals surface area (Å²) in [6.45, 7) is 1.88. The van der Waals surface area contributed by atoms with E-state index in [-0.39, 0.29) is 17.4 Å². The van der Waals surface area contributed by atoms with Crippen molar-refractivity contribution in [3.63, 3.8) is 0 Å². The molecule has 0 bridgehead atoms. The summed E-state index contributed by atoms with van der Waals surface area (Å²) in [5, 5.41) is 13.0. The number of amides is 1. The van der Waals surface area contributed by atoms with Crippen molar-refractivity contribution >= 4 is 29.2 Å². The van der Waals surface area contributed by atoms with E-state index in [0.717, 1.165) is 41.8 Å². The number of nitrogens with zero attached hydrogens (tertiary/aromatic N) is 1. The Balaban J connectivity index is 1.34. The first-order chi connectivity index (χ1) is 15.5. The molecule has 0 aromatic heterocycles. The minimum Gasteiger partial charge on any atom is -0.478 e. The first-order valence-electron chi connectivity index (χ1n) is 10.7. The van der Waals surface area contributed by atoms with Gasteiger partial charge in [0.25, 0.3) is 0 Å². The number of benzene rings is 3. The molecule has 1 amide bonds. The Kier molecular flexibility index (Phi) is 6.76. The maximum absolute atomic E-state index is 12.8. The van der Waals surface area contributed by atoms with Crippen molar-refractivity contribution in [2.45, 2.75) is 19.4 Å². The molecule has 1 unspecified atom stereocenters. The Morgan fingerprint density at radius 2 is 1.69 bits per heavy atom. The molecular formula is C26H25ClN2O3. The van der Waals surface area contributed by atoms with E-state index in [1.165, 1.54) is 0 Å². The zero-order valence-electron chi connectivity index (χ0n) is 17.6. The zero-order chi connectivity index (χ0) is 22.5. The van der Waals surface area contributed by atoms with E-state index in [9.17, 15) is 14.7 Å². The van der Waals surface area contributed by atoms with Gasteiger partial charge in [0.05, 0.1) is 11.5 Å². The monoisotopic (exact) mass is 448 g/mol. The highest BCUT2D eigenvalue weighted by atomic mass is 35.5. The molecule has 0 saturated carbocycles. The number of piperidine rings is 1. The van der Waals surface area contributed by atoms with Crippen molar-refractivity contribution in [3.05, 3.63) is 88.9 Å². The molecule has 0 aliphatic carbocycles. The maximum Gasteiger partial charge on any atom is 0.335 e. The van der Waals surface area contributed by atoms with E-state index in [2.05, 4.69) is 10.2 Å². The van der Waals surface area contributed by atoms with Gasteiger partial charge in [0, 0.05) is 30.3 Å². The summed E-state index contributed by atoms with van der Waals surface area (Å²) in [5.74, 6) is -1.03. The SMILES string of the molecule is O=C(O)c1cccc(N2CCCC(C(=O)NCc3ccc(-c4ccc(Cl)cc4)cc3)C2)c1. The highest BCUT2D eigenvalue weighted by Crippen LogP contribution is 2.25. The third-order valence-corrected chi connectivity index (χ3v) is 6.10. The molecule has 5 nitrogen and oxygen atoms in total. The van der Waals surface area contributed by atoms with E-state index in [0.29, 0.717) is 18.1 Å². The van der Waals surface area contributed by atoms with Gasteiger partial charge in [-0.05, 0) is 59.9 Å². The smallest absolute Gasteiger partial charge is 0.335 e. The molecule has 32 heavy (non-hydrogen) atoms. The second kappa shape index (κ2) is 9.88. The van der Waals surface area contributed by atoms with Crippen LogP contribution in [0.3, 0.4) is 0 Å². The highest BCUT2D eigenvalue weighted by molar-refractivity contribution is 6.30. The first-order valence-corrected chi connectivity index (χ1v) is 11.1. The number of carboxylic acids is 1. The average molecular weight is 449 g/mol. The molecule has 1 heterocycles. The average Bonchev–Trinajstić information content (AvgIpc) is 2.83. The number of carbonyl (C=O) groups is 2. The van der Waals surface area contributed by atoms with Gasteiger partial charge in [0.2, 0.25) is 5.91 Å². The predicted molar refractivity (Wildman–Crippen MR) is 127 cm³/mol. The molecule has 0 radical (unpaired) electrons. The fourth-order valence-electron chi connectivity index (χ4n) is 4.05. The van der Waals surface area contributed by atoms with Crippen LogP contribution in [-0.4, -0.2) is 30.1 Å². The number of halogens is 1. The van der Waals surface area contributed by atoms with Crippen molar-refractivity contribution in [2.24, 2.45) is 5.92 Å². The van der Waals surface area contributed by atoms with E-state index in [1.54, 1.807) is 18.2 Å². The number of nitrogens with one attached hydrogen (secondary N) is 1. The number of carbonyl (C=O) groups excluding carboxylic acids is 1. The van der Waals surface area contributed by atoms with Gasteiger partial charge in [-0.1, -0.05) is 54.1 Å². The summed E-state index contributed by atoms with van der Waals surface area (Å²) >= 11 is 5.96. The Bertz CT molecular complexity index is 1100. The summed E-state index contributed by atoms with van der Waals surface area (Å²) < 4.78 is 0. The van der Waals surface area contributed by atoms with Crippen LogP contribution in [-0.2, 0) is 11.3 Å². The zero-order valence-corrected chi connectivity index (χ0v) is 18.4. The van der Waals surface area contributed by atoms with E-state index in [1.807, 2.05) is 54.6 Å². The summed E-state index contributed by atoms with van der Waals surface area (Å²) in [7, 11) is 0. The summed E-state index contributed by atoms with van der Waals surface area (Å²) in [6, 6.07) is 22.7. The molecule has 4 rings (SSSR count). The van der Waals surface area contributed by atoms with E-state index < -0.39 is 5.97 Å². The number of hydrogen-bond acceptors (Lipinski definition) is 3. The van der Waals surface area contributed by atoms with Crippen molar-refractivity contribution in [2.75, 3.05) is 18.0 Å². The second-order valence-corrected chi connectivity index (χ2v) is 8.50. The Hall–Kier alpha value is -3.31. The van der Waals surface area contributed by atoms with Gasteiger partial charge >= 0.3 is 5.97 Å². The number of hydrogen-bond donors (Lipinski definition) is 2. The molecule has 3 aromatic rings. The Morgan fingerprint density at radius 3 is 2.38 bits per heavy atom. The van der Waals surface area contributed by atoms with Crippen LogP contribution in [0.4, 0.5) is 5.69 Å². The van der Waals surface area contributed by atoms with Gasteiger partial charge in [-0.25, -0.2) is 4.79 Å². The Morgan fingerprint density at radius 1 is 1.00 bits per heavy atom. The van der Waals surface area contributed by atoms with E-state index >= 15 is 0 Å². The number of rotatable bonds is 6. The lowest BCUT2D eigenvalue weighted by molar-refractivity contribution is -0.125. The van der Waals surface area contributed by atoms with Crippen LogP contribution < -0.4 is 10.2 Å². The minimum atomic E-state index is -0.944. The molecule has 2 N–H and O–H groups in total. The van der Waals surface area contributed by atoms with Gasteiger partial charge in [-0.3, -0.25) is 4.79 Å². The molecule has 0 spiro atoms. The fraction of sp³-hybridized carbons (Fsp3) is 0.231. The third kappa shape index (κ3) is 5.29.